The van der Waals surface area contributed by atoms with E-state index in [1.54, 1.807) is 11.6 Å². The predicted octanol–water partition coefficient (Wildman–Crippen LogP) is 2.24. The van der Waals surface area contributed by atoms with Gasteiger partial charge >= 0.3 is 0 Å². The fraction of sp³-hybridized carbons (Fsp3) is 0.389. The Bertz CT molecular complexity index is 851. The van der Waals surface area contributed by atoms with Gasteiger partial charge in [0.25, 0.3) is 5.78 Å². The number of rotatable bonds is 4. The number of hydrogen-bond acceptors (Lipinski definition) is 6. The quantitative estimate of drug-likeness (QED) is 0.726. The van der Waals surface area contributed by atoms with E-state index in [1.165, 1.54) is 11.9 Å². The number of ether oxygens (including phenoxy) is 2. The molecule has 0 aliphatic carbocycles. The Morgan fingerprint density at radius 3 is 2.88 bits per heavy atom. The lowest BCUT2D eigenvalue weighted by atomic mass is 10.1. The fourth-order valence-corrected chi connectivity index (χ4v) is 3.28. The molecule has 0 N–H and O–H groups in total. The molecule has 1 fully saturated rings. The van der Waals surface area contributed by atoms with Crippen molar-refractivity contribution in [3.63, 3.8) is 0 Å². The van der Waals surface area contributed by atoms with Gasteiger partial charge < -0.3 is 14.4 Å². The number of benzene rings is 1. The maximum Gasteiger partial charge on any atom is 0.254 e. The lowest BCUT2D eigenvalue weighted by molar-refractivity contribution is -0.0177. The SMILES string of the molecule is COCc1cc(N2CC(C)OC(c3ccccc3)C2)n2ncnc2n1. The summed E-state index contributed by atoms with van der Waals surface area (Å²) in [5.74, 6) is 1.55. The first kappa shape index (κ1) is 16.0. The minimum absolute atomic E-state index is 0.0163. The van der Waals surface area contributed by atoms with Crippen LogP contribution in [0.1, 0.15) is 24.3 Å². The Balaban J connectivity index is 1.70. The Morgan fingerprint density at radius 2 is 2.08 bits per heavy atom. The highest BCUT2D eigenvalue weighted by Gasteiger charge is 2.28. The van der Waals surface area contributed by atoms with Gasteiger partial charge in [-0.2, -0.15) is 14.6 Å². The van der Waals surface area contributed by atoms with Crippen molar-refractivity contribution in [1.29, 1.82) is 0 Å². The summed E-state index contributed by atoms with van der Waals surface area (Å²) in [5.41, 5.74) is 2.02. The third-order valence-corrected chi connectivity index (χ3v) is 4.33. The highest BCUT2D eigenvalue weighted by molar-refractivity contribution is 5.48. The maximum atomic E-state index is 6.17. The van der Waals surface area contributed by atoms with Crippen molar-refractivity contribution < 1.29 is 9.47 Å². The molecule has 2 atom stereocenters. The first-order chi connectivity index (χ1) is 12.2. The number of nitrogens with zero attached hydrogens (tertiary/aromatic N) is 5. The van der Waals surface area contributed by atoms with E-state index in [-0.39, 0.29) is 12.2 Å². The van der Waals surface area contributed by atoms with E-state index in [4.69, 9.17) is 9.47 Å². The van der Waals surface area contributed by atoms with Gasteiger partial charge in [0.05, 0.1) is 18.4 Å². The van der Waals surface area contributed by atoms with Crippen LogP contribution in [0.5, 0.6) is 0 Å². The highest BCUT2D eigenvalue weighted by atomic mass is 16.5. The van der Waals surface area contributed by atoms with E-state index in [2.05, 4.69) is 39.0 Å². The molecule has 1 aromatic carbocycles. The average molecular weight is 339 g/mol. The first-order valence-corrected chi connectivity index (χ1v) is 8.38. The Hall–Kier alpha value is -2.51. The van der Waals surface area contributed by atoms with Crippen LogP contribution in [-0.2, 0) is 16.1 Å². The van der Waals surface area contributed by atoms with Crippen molar-refractivity contribution in [1.82, 2.24) is 19.6 Å². The summed E-state index contributed by atoms with van der Waals surface area (Å²) in [4.78, 5) is 11.0. The molecule has 0 spiro atoms. The summed E-state index contributed by atoms with van der Waals surface area (Å²) >= 11 is 0. The molecule has 7 heteroatoms. The van der Waals surface area contributed by atoms with E-state index in [0.29, 0.717) is 12.4 Å². The second-order valence-corrected chi connectivity index (χ2v) is 6.26. The van der Waals surface area contributed by atoms with Crippen LogP contribution in [0.15, 0.2) is 42.7 Å². The van der Waals surface area contributed by atoms with Gasteiger partial charge in [-0.3, -0.25) is 0 Å². The molecule has 0 saturated carbocycles. The molecule has 25 heavy (non-hydrogen) atoms. The van der Waals surface area contributed by atoms with Crippen LogP contribution < -0.4 is 4.90 Å². The molecule has 0 bridgehead atoms. The normalized spacial score (nSPS) is 21.0. The Labute approximate surface area is 146 Å². The van der Waals surface area contributed by atoms with Crippen LogP contribution >= 0.6 is 0 Å². The number of anilines is 1. The van der Waals surface area contributed by atoms with Crippen molar-refractivity contribution in [2.24, 2.45) is 0 Å². The summed E-state index contributed by atoms with van der Waals surface area (Å²) < 4.78 is 13.2. The standard InChI is InChI=1S/C18H21N5O2/c1-13-9-22(10-16(25-13)14-6-4-3-5-7-14)17-8-15(11-24-2)21-18-19-12-20-23(17)18/h3-8,12-13,16H,9-11H2,1-2H3. The molecule has 3 heterocycles. The molecule has 1 saturated heterocycles. The van der Waals surface area contributed by atoms with Gasteiger partial charge in [-0.15, -0.1) is 0 Å². The van der Waals surface area contributed by atoms with Crippen molar-refractivity contribution in [3.05, 3.63) is 54.0 Å². The summed E-state index contributed by atoms with van der Waals surface area (Å²) in [7, 11) is 1.66. The fourth-order valence-electron chi connectivity index (χ4n) is 3.28. The van der Waals surface area contributed by atoms with Crippen LogP contribution in [0, 0.1) is 0 Å². The van der Waals surface area contributed by atoms with E-state index in [0.717, 1.165) is 24.6 Å². The molecule has 2 aromatic heterocycles. The van der Waals surface area contributed by atoms with Crippen molar-refractivity contribution in [2.45, 2.75) is 25.7 Å². The van der Waals surface area contributed by atoms with Gasteiger partial charge in [0.2, 0.25) is 0 Å². The molecule has 4 rings (SSSR count). The smallest absolute Gasteiger partial charge is 0.254 e. The molecule has 130 valence electrons. The van der Waals surface area contributed by atoms with Gasteiger partial charge in [0.1, 0.15) is 18.2 Å². The van der Waals surface area contributed by atoms with E-state index in [9.17, 15) is 0 Å². The van der Waals surface area contributed by atoms with Crippen molar-refractivity contribution >= 4 is 11.6 Å². The monoisotopic (exact) mass is 339 g/mol. The van der Waals surface area contributed by atoms with E-state index < -0.39 is 0 Å². The van der Waals surface area contributed by atoms with Gasteiger partial charge in [-0.25, -0.2) is 4.98 Å². The van der Waals surface area contributed by atoms with Crippen LogP contribution in [-0.4, -0.2) is 45.9 Å². The third kappa shape index (κ3) is 3.20. The third-order valence-electron chi connectivity index (χ3n) is 4.33. The number of fused-ring (bicyclic) bond motifs is 1. The zero-order valence-electron chi connectivity index (χ0n) is 14.4. The molecule has 1 aliphatic heterocycles. The van der Waals surface area contributed by atoms with Crippen LogP contribution in [0.3, 0.4) is 0 Å². The number of aromatic nitrogens is 4. The molecule has 7 nitrogen and oxygen atoms in total. The number of hydrogen-bond donors (Lipinski definition) is 0. The molecular formula is C18H21N5O2. The van der Waals surface area contributed by atoms with E-state index >= 15 is 0 Å². The number of morpholine rings is 1. The average Bonchev–Trinajstić information content (AvgIpc) is 3.10. The first-order valence-electron chi connectivity index (χ1n) is 8.38. The lowest BCUT2D eigenvalue weighted by Crippen LogP contribution is -2.43. The lowest BCUT2D eigenvalue weighted by Gasteiger charge is -2.38. The number of methoxy groups -OCH3 is 1. The van der Waals surface area contributed by atoms with Crippen LogP contribution in [0.25, 0.3) is 5.78 Å². The van der Waals surface area contributed by atoms with Gasteiger partial charge in [-0.1, -0.05) is 30.3 Å². The second-order valence-electron chi connectivity index (χ2n) is 6.26. The summed E-state index contributed by atoms with van der Waals surface area (Å²) in [5, 5.41) is 4.34. The summed E-state index contributed by atoms with van der Waals surface area (Å²) in [6.07, 6.45) is 1.65. The predicted molar refractivity (Wildman–Crippen MR) is 93.4 cm³/mol. The summed E-state index contributed by atoms with van der Waals surface area (Å²) in [6.45, 7) is 4.07. The topological polar surface area (TPSA) is 64.8 Å². The zero-order valence-corrected chi connectivity index (χ0v) is 14.4. The van der Waals surface area contributed by atoms with Crippen LogP contribution in [0.2, 0.25) is 0 Å². The van der Waals surface area contributed by atoms with Gasteiger partial charge in [-0.05, 0) is 12.5 Å². The Kier molecular flexibility index (Phi) is 4.33. The largest absolute Gasteiger partial charge is 0.378 e. The maximum absolute atomic E-state index is 6.17. The molecule has 2 unspecified atom stereocenters. The van der Waals surface area contributed by atoms with Gasteiger partial charge in [0, 0.05) is 26.3 Å². The minimum Gasteiger partial charge on any atom is -0.378 e. The molecule has 0 radical (unpaired) electrons. The van der Waals surface area contributed by atoms with Crippen molar-refractivity contribution in [3.8, 4) is 0 Å². The molecule has 0 amide bonds. The van der Waals surface area contributed by atoms with Crippen LogP contribution in [0.4, 0.5) is 5.82 Å². The van der Waals surface area contributed by atoms with E-state index in [1.807, 2.05) is 24.3 Å². The Morgan fingerprint density at radius 1 is 1.24 bits per heavy atom. The minimum atomic E-state index is 0.0163. The second kappa shape index (κ2) is 6.78. The molecular weight excluding hydrogens is 318 g/mol. The highest BCUT2D eigenvalue weighted by Crippen LogP contribution is 2.29. The summed E-state index contributed by atoms with van der Waals surface area (Å²) in [6, 6.07) is 12.3. The zero-order chi connectivity index (χ0) is 17.2. The van der Waals surface area contributed by atoms with Gasteiger partial charge in [0.15, 0.2) is 0 Å². The molecule has 1 aliphatic rings. The molecule has 3 aromatic rings. The van der Waals surface area contributed by atoms with Crippen molar-refractivity contribution in [2.75, 3.05) is 25.1 Å².